The first-order valence-electron chi connectivity index (χ1n) is 8.58. The quantitative estimate of drug-likeness (QED) is 0.901. The number of likely N-dealkylation sites (N-methyl/N-ethyl adjacent to an activating group) is 1. The number of carbonyl (C=O) groups excluding carboxylic acids is 2. The highest BCUT2D eigenvalue weighted by Crippen LogP contribution is 2.25. The van der Waals surface area contributed by atoms with E-state index in [4.69, 9.17) is 0 Å². The number of nitrogens with zero attached hydrogens (tertiary/aromatic N) is 1. The molecule has 1 fully saturated rings. The molecule has 5 nitrogen and oxygen atoms in total. The second-order valence-corrected chi connectivity index (χ2v) is 6.18. The van der Waals surface area contributed by atoms with Crippen molar-refractivity contribution in [2.45, 2.75) is 25.8 Å². The van der Waals surface area contributed by atoms with Crippen molar-refractivity contribution in [3.05, 3.63) is 54.1 Å². The van der Waals surface area contributed by atoms with Crippen LogP contribution in [0.15, 0.2) is 48.5 Å². The van der Waals surface area contributed by atoms with Crippen LogP contribution in [-0.2, 0) is 4.79 Å². The Morgan fingerprint density at radius 1 is 1.16 bits per heavy atom. The Kier molecular flexibility index (Phi) is 5.03. The summed E-state index contributed by atoms with van der Waals surface area (Å²) in [6, 6.07) is 13.9. The fourth-order valence-corrected chi connectivity index (χ4v) is 3.23. The molecule has 5 heteroatoms. The molecule has 1 aliphatic heterocycles. The van der Waals surface area contributed by atoms with Crippen LogP contribution >= 0.6 is 0 Å². The van der Waals surface area contributed by atoms with Crippen LogP contribution in [0.5, 0.6) is 5.75 Å². The van der Waals surface area contributed by atoms with E-state index in [0.717, 1.165) is 17.5 Å². The zero-order valence-electron chi connectivity index (χ0n) is 14.2. The number of nitrogens with one attached hydrogen (secondary N) is 1. The van der Waals surface area contributed by atoms with E-state index in [9.17, 15) is 14.7 Å². The lowest BCUT2D eigenvalue weighted by Crippen LogP contribution is -2.45. The molecular formula is C20H22N2O3. The summed E-state index contributed by atoms with van der Waals surface area (Å²) in [6.45, 7) is 3.04. The second-order valence-electron chi connectivity index (χ2n) is 6.18. The van der Waals surface area contributed by atoms with E-state index in [-0.39, 0.29) is 23.6 Å². The third-order valence-electron chi connectivity index (χ3n) is 4.48. The summed E-state index contributed by atoms with van der Waals surface area (Å²) >= 11 is 0. The van der Waals surface area contributed by atoms with Gasteiger partial charge >= 0.3 is 0 Å². The zero-order chi connectivity index (χ0) is 17.8. The standard InChI is InChI=1S/C20H22N2O3/c1-2-21-19(24)18-7-4-12-22(18)20(25)16-6-3-5-15(13-16)14-8-10-17(23)11-9-14/h3,5-6,8-11,13,18,23H,2,4,7,12H2,1H3,(H,21,24). The summed E-state index contributed by atoms with van der Waals surface area (Å²) < 4.78 is 0. The van der Waals surface area contributed by atoms with Gasteiger partial charge in [-0.15, -0.1) is 0 Å². The largest absolute Gasteiger partial charge is 0.508 e. The summed E-state index contributed by atoms with van der Waals surface area (Å²) in [4.78, 5) is 26.8. The number of aromatic hydroxyl groups is 1. The Balaban J connectivity index is 1.84. The van der Waals surface area contributed by atoms with E-state index in [1.807, 2.05) is 37.3 Å². The Morgan fingerprint density at radius 3 is 2.64 bits per heavy atom. The minimum absolute atomic E-state index is 0.0805. The Labute approximate surface area is 147 Å². The molecule has 1 heterocycles. The lowest BCUT2D eigenvalue weighted by atomic mass is 10.0. The number of likely N-dealkylation sites (tertiary alicyclic amines) is 1. The van der Waals surface area contributed by atoms with Crippen molar-refractivity contribution >= 4 is 11.8 Å². The highest BCUT2D eigenvalue weighted by atomic mass is 16.3. The molecule has 3 rings (SSSR count). The van der Waals surface area contributed by atoms with Gasteiger partial charge in [-0.2, -0.15) is 0 Å². The maximum absolute atomic E-state index is 12.9. The minimum atomic E-state index is -0.384. The van der Waals surface area contributed by atoms with Crippen molar-refractivity contribution in [3.63, 3.8) is 0 Å². The van der Waals surface area contributed by atoms with Crippen molar-refractivity contribution in [1.29, 1.82) is 0 Å². The van der Waals surface area contributed by atoms with Crippen LogP contribution in [0.1, 0.15) is 30.1 Å². The number of carbonyl (C=O) groups is 2. The van der Waals surface area contributed by atoms with Crippen LogP contribution in [0, 0.1) is 0 Å². The van der Waals surface area contributed by atoms with Crippen LogP contribution in [-0.4, -0.2) is 41.0 Å². The lowest BCUT2D eigenvalue weighted by Gasteiger charge is -2.24. The number of rotatable bonds is 4. The van der Waals surface area contributed by atoms with Crippen molar-refractivity contribution in [2.75, 3.05) is 13.1 Å². The molecule has 0 saturated carbocycles. The summed E-state index contributed by atoms with van der Waals surface area (Å²) in [5, 5.41) is 12.2. The first-order valence-corrected chi connectivity index (χ1v) is 8.58. The molecule has 0 aromatic heterocycles. The summed E-state index contributed by atoms with van der Waals surface area (Å²) in [5.74, 6) is 0.00949. The molecule has 130 valence electrons. The molecule has 1 unspecified atom stereocenters. The summed E-state index contributed by atoms with van der Waals surface area (Å²) in [5.41, 5.74) is 2.40. The van der Waals surface area contributed by atoms with Crippen molar-refractivity contribution in [2.24, 2.45) is 0 Å². The first-order chi connectivity index (χ1) is 12.1. The van der Waals surface area contributed by atoms with Gasteiger partial charge < -0.3 is 15.3 Å². The van der Waals surface area contributed by atoms with Gasteiger partial charge in [0.1, 0.15) is 11.8 Å². The first kappa shape index (κ1) is 17.0. The molecular weight excluding hydrogens is 316 g/mol. The van der Waals surface area contributed by atoms with Gasteiger partial charge in [-0.1, -0.05) is 24.3 Å². The Hall–Kier alpha value is -2.82. The minimum Gasteiger partial charge on any atom is -0.508 e. The average Bonchev–Trinajstić information content (AvgIpc) is 3.12. The smallest absolute Gasteiger partial charge is 0.254 e. The van der Waals surface area contributed by atoms with Gasteiger partial charge in [0, 0.05) is 18.7 Å². The van der Waals surface area contributed by atoms with Gasteiger partial charge in [0.25, 0.3) is 5.91 Å². The van der Waals surface area contributed by atoms with E-state index in [1.54, 1.807) is 23.1 Å². The van der Waals surface area contributed by atoms with Crippen LogP contribution in [0.3, 0.4) is 0 Å². The number of phenols is 1. The van der Waals surface area contributed by atoms with Crippen LogP contribution in [0.2, 0.25) is 0 Å². The molecule has 1 saturated heterocycles. The molecule has 2 amide bonds. The fraction of sp³-hybridized carbons (Fsp3) is 0.300. The predicted molar refractivity (Wildman–Crippen MR) is 96.3 cm³/mol. The Morgan fingerprint density at radius 2 is 1.92 bits per heavy atom. The molecule has 2 aromatic rings. The molecule has 0 bridgehead atoms. The van der Waals surface area contributed by atoms with Crippen molar-refractivity contribution < 1.29 is 14.7 Å². The maximum atomic E-state index is 12.9. The van der Waals surface area contributed by atoms with Crippen molar-refractivity contribution in [3.8, 4) is 16.9 Å². The maximum Gasteiger partial charge on any atom is 0.254 e. The SMILES string of the molecule is CCNC(=O)C1CCCN1C(=O)c1cccc(-c2ccc(O)cc2)c1. The third-order valence-corrected chi connectivity index (χ3v) is 4.48. The van der Waals surface area contributed by atoms with Gasteiger partial charge in [-0.05, 0) is 55.2 Å². The fourth-order valence-electron chi connectivity index (χ4n) is 3.23. The number of benzene rings is 2. The van der Waals surface area contributed by atoms with Crippen LogP contribution < -0.4 is 5.32 Å². The Bertz CT molecular complexity index is 771. The van der Waals surface area contributed by atoms with E-state index >= 15 is 0 Å². The number of hydrogen-bond acceptors (Lipinski definition) is 3. The third kappa shape index (κ3) is 3.65. The number of phenolic OH excluding ortho intramolecular Hbond substituents is 1. The van der Waals surface area contributed by atoms with Gasteiger partial charge in [0.05, 0.1) is 0 Å². The summed E-state index contributed by atoms with van der Waals surface area (Å²) in [6.07, 6.45) is 1.54. The highest BCUT2D eigenvalue weighted by Gasteiger charge is 2.34. The monoisotopic (exact) mass is 338 g/mol. The zero-order valence-corrected chi connectivity index (χ0v) is 14.2. The van der Waals surface area contributed by atoms with Crippen LogP contribution in [0.4, 0.5) is 0 Å². The molecule has 1 atom stereocenters. The van der Waals surface area contributed by atoms with Gasteiger partial charge in [-0.25, -0.2) is 0 Å². The molecule has 2 aromatic carbocycles. The van der Waals surface area contributed by atoms with E-state index < -0.39 is 0 Å². The van der Waals surface area contributed by atoms with Gasteiger partial charge in [0.15, 0.2) is 0 Å². The van der Waals surface area contributed by atoms with Gasteiger partial charge in [-0.3, -0.25) is 9.59 Å². The number of amides is 2. The molecule has 0 radical (unpaired) electrons. The topological polar surface area (TPSA) is 69.6 Å². The summed E-state index contributed by atoms with van der Waals surface area (Å²) in [7, 11) is 0. The van der Waals surface area contributed by atoms with Crippen LogP contribution in [0.25, 0.3) is 11.1 Å². The van der Waals surface area contributed by atoms with E-state index in [1.165, 1.54) is 0 Å². The lowest BCUT2D eigenvalue weighted by molar-refractivity contribution is -0.124. The number of hydrogen-bond donors (Lipinski definition) is 2. The highest BCUT2D eigenvalue weighted by molar-refractivity contribution is 5.98. The second kappa shape index (κ2) is 7.38. The molecule has 1 aliphatic rings. The molecule has 0 aliphatic carbocycles. The van der Waals surface area contributed by atoms with Crippen molar-refractivity contribution in [1.82, 2.24) is 10.2 Å². The molecule has 25 heavy (non-hydrogen) atoms. The van der Waals surface area contributed by atoms with Gasteiger partial charge in [0.2, 0.25) is 5.91 Å². The molecule has 2 N–H and O–H groups in total. The molecule has 0 spiro atoms. The van der Waals surface area contributed by atoms with E-state index in [2.05, 4.69) is 5.32 Å². The van der Waals surface area contributed by atoms with E-state index in [0.29, 0.717) is 25.1 Å². The predicted octanol–water partition coefficient (Wildman–Crippen LogP) is 2.80. The normalized spacial score (nSPS) is 16.7. The average molecular weight is 338 g/mol.